The molecule has 0 aliphatic heterocycles. The van der Waals surface area contributed by atoms with Crippen LogP contribution in [0.4, 0.5) is 0 Å². The number of benzene rings is 1. The molecule has 1 aromatic carbocycles. The Bertz CT molecular complexity index is 1050. The second-order valence-corrected chi connectivity index (χ2v) is 5.75. The second-order valence-electron chi connectivity index (χ2n) is 5.75. The number of hydrogen-bond acceptors (Lipinski definition) is 0. The highest BCUT2D eigenvalue weighted by atomic mass is 14.9. The Morgan fingerprint density at radius 2 is 1.92 bits per heavy atom. The van der Waals surface area contributed by atoms with Crippen LogP contribution in [0.1, 0.15) is 18.3 Å². The number of rotatable bonds is 4. The van der Waals surface area contributed by atoms with Gasteiger partial charge in [-0.25, -0.2) is 0 Å². The third-order valence-electron chi connectivity index (χ3n) is 4.48. The summed E-state index contributed by atoms with van der Waals surface area (Å²) in [7, 11) is 2.09. The lowest BCUT2D eigenvalue weighted by molar-refractivity contribution is 1.21. The van der Waals surface area contributed by atoms with Crippen molar-refractivity contribution in [3.63, 3.8) is 0 Å². The molecule has 1 radical (unpaired) electrons. The fourth-order valence-corrected chi connectivity index (χ4v) is 3.53. The van der Waals surface area contributed by atoms with E-state index in [2.05, 4.69) is 80.2 Å². The van der Waals surface area contributed by atoms with Crippen molar-refractivity contribution in [3.05, 3.63) is 65.5 Å². The molecule has 3 rings (SSSR count). The van der Waals surface area contributed by atoms with Crippen LogP contribution in [-0.4, -0.2) is 16.9 Å². The Kier molecular flexibility index (Phi) is 4.35. The van der Waals surface area contributed by atoms with Crippen LogP contribution in [0.15, 0.2) is 43.5 Å². The molecule has 0 aliphatic carbocycles. The summed E-state index contributed by atoms with van der Waals surface area (Å²) in [6.45, 7) is 14.2. The monoisotopic (exact) mass is 313 g/mol. The first-order chi connectivity index (χ1) is 11.7. The van der Waals surface area contributed by atoms with Gasteiger partial charge in [0.05, 0.1) is 0 Å². The van der Waals surface area contributed by atoms with Gasteiger partial charge in [-0.05, 0) is 26.0 Å². The molecular formula is C21H22BN2. The highest BCUT2D eigenvalue weighted by Gasteiger charge is 2.19. The second kappa shape index (κ2) is 6.44. The SMILES string of the molecule is C=C/C=c1/c(-c2c(C=C)n([B]C)c3ccccc23)c(C)[nH]/c1=C/C. The molecule has 1 N–H and O–H groups in total. The predicted molar refractivity (Wildman–Crippen MR) is 108 cm³/mol. The van der Waals surface area contributed by atoms with E-state index in [1.807, 2.05) is 19.1 Å². The van der Waals surface area contributed by atoms with Crippen LogP contribution in [0.3, 0.4) is 0 Å². The summed E-state index contributed by atoms with van der Waals surface area (Å²) in [6, 6.07) is 8.49. The summed E-state index contributed by atoms with van der Waals surface area (Å²) in [4.78, 5) is 3.50. The summed E-state index contributed by atoms with van der Waals surface area (Å²) in [5.41, 5.74) is 5.89. The summed E-state index contributed by atoms with van der Waals surface area (Å²) >= 11 is 0. The van der Waals surface area contributed by atoms with E-state index in [-0.39, 0.29) is 0 Å². The van der Waals surface area contributed by atoms with Gasteiger partial charge >= 0.3 is 0 Å². The van der Waals surface area contributed by atoms with Crippen LogP contribution < -0.4 is 10.6 Å². The van der Waals surface area contributed by atoms with Crippen LogP contribution in [0.5, 0.6) is 0 Å². The average molecular weight is 313 g/mol. The van der Waals surface area contributed by atoms with Crippen molar-refractivity contribution in [2.45, 2.75) is 20.7 Å². The Morgan fingerprint density at radius 3 is 2.54 bits per heavy atom. The number of allylic oxidation sites excluding steroid dienone is 1. The smallest absolute Gasteiger partial charge is 0.249 e. The van der Waals surface area contributed by atoms with Crippen LogP contribution in [0.2, 0.25) is 6.82 Å². The minimum absolute atomic E-state index is 1.11. The zero-order chi connectivity index (χ0) is 17.3. The molecule has 0 unspecified atom stereocenters. The molecule has 119 valence electrons. The molecule has 0 atom stereocenters. The Labute approximate surface area is 143 Å². The maximum atomic E-state index is 4.06. The minimum atomic E-state index is 1.11. The zero-order valence-corrected chi connectivity index (χ0v) is 14.6. The van der Waals surface area contributed by atoms with Crippen LogP contribution in [0.25, 0.3) is 40.3 Å². The van der Waals surface area contributed by atoms with Crippen LogP contribution in [0, 0.1) is 6.92 Å². The van der Waals surface area contributed by atoms with Gasteiger partial charge in [0.2, 0.25) is 7.41 Å². The number of nitrogens with one attached hydrogen (secondary N) is 1. The Hall–Kier alpha value is -2.68. The largest absolute Gasteiger partial charge is 0.390 e. The van der Waals surface area contributed by atoms with Gasteiger partial charge in [0.25, 0.3) is 0 Å². The molecule has 0 saturated heterocycles. The fraction of sp³-hybridized carbons (Fsp3) is 0.143. The average Bonchev–Trinajstić information content (AvgIpc) is 3.08. The molecule has 3 aromatic rings. The normalized spacial score (nSPS) is 12.8. The summed E-state index contributed by atoms with van der Waals surface area (Å²) in [6.07, 6.45) is 7.96. The molecule has 0 bridgehead atoms. The lowest BCUT2D eigenvalue weighted by Crippen LogP contribution is -2.23. The first kappa shape index (κ1) is 16.2. The van der Waals surface area contributed by atoms with E-state index in [1.165, 1.54) is 27.2 Å². The predicted octanol–water partition coefficient (Wildman–Crippen LogP) is 3.87. The van der Waals surface area contributed by atoms with Gasteiger partial charge in [0.1, 0.15) is 0 Å². The Morgan fingerprint density at radius 1 is 1.17 bits per heavy atom. The van der Waals surface area contributed by atoms with E-state index >= 15 is 0 Å². The number of aromatic amines is 1. The van der Waals surface area contributed by atoms with Crippen LogP contribution in [-0.2, 0) is 0 Å². The van der Waals surface area contributed by atoms with Crippen molar-refractivity contribution >= 4 is 36.5 Å². The molecule has 0 saturated carbocycles. The number of aryl methyl sites for hydroxylation is 1. The maximum absolute atomic E-state index is 4.06. The first-order valence-electron chi connectivity index (χ1n) is 8.20. The van der Waals surface area contributed by atoms with Crippen molar-refractivity contribution in [2.75, 3.05) is 0 Å². The van der Waals surface area contributed by atoms with E-state index in [4.69, 9.17) is 0 Å². The third kappa shape index (κ3) is 2.28. The summed E-state index contributed by atoms with van der Waals surface area (Å²) in [5.74, 6) is 0. The van der Waals surface area contributed by atoms with E-state index < -0.39 is 0 Å². The quantitative estimate of drug-likeness (QED) is 0.706. The lowest BCUT2D eigenvalue weighted by Gasteiger charge is -2.06. The van der Waals surface area contributed by atoms with E-state index in [0.29, 0.717) is 0 Å². The highest BCUT2D eigenvalue weighted by Crippen LogP contribution is 2.34. The van der Waals surface area contributed by atoms with Gasteiger partial charge in [-0.3, -0.25) is 0 Å². The van der Waals surface area contributed by atoms with Gasteiger partial charge < -0.3 is 9.46 Å². The number of H-pyrrole nitrogens is 1. The van der Waals surface area contributed by atoms with Crippen molar-refractivity contribution in [1.82, 2.24) is 9.46 Å². The number of hydrogen-bond donors (Lipinski definition) is 1. The van der Waals surface area contributed by atoms with E-state index in [9.17, 15) is 0 Å². The number of aromatic nitrogens is 2. The minimum Gasteiger partial charge on any atom is -0.390 e. The molecule has 24 heavy (non-hydrogen) atoms. The maximum Gasteiger partial charge on any atom is 0.249 e. The Balaban J connectivity index is 2.58. The van der Waals surface area contributed by atoms with Gasteiger partial charge in [0.15, 0.2) is 0 Å². The molecule has 2 aromatic heterocycles. The van der Waals surface area contributed by atoms with Crippen molar-refractivity contribution < 1.29 is 0 Å². The van der Waals surface area contributed by atoms with Gasteiger partial charge in [-0.1, -0.05) is 56.4 Å². The lowest BCUT2D eigenvalue weighted by atomic mass is 9.97. The number of fused-ring (bicyclic) bond motifs is 1. The summed E-state index contributed by atoms with van der Waals surface area (Å²) < 4.78 is 2.21. The standard InChI is InChI=1S/C21H22BN2/c1-6-11-15-17(7-2)23-14(4)20(15)21-16-12-9-10-13-19(16)24(22-5)18(21)8-3/h6-13,23H,1,3H2,2,4-5H3/b15-11+,17-7+. The van der Waals surface area contributed by atoms with E-state index in [1.54, 1.807) is 0 Å². The van der Waals surface area contributed by atoms with Gasteiger partial charge in [-0.15, -0.1) is 0 Å². The van der Waals surface area contributed by atoms with Gasteiger partial charge in [0, 0.05) is 44.0 Å². The molecule has 2 heterocycles. The number of nitrogens with zero attached hydrogens (tertiary/aromatic N) is 1. The fourth-order valence-electron chi connectivity index (χ4n) is 3.53. The van der Waals surface area contributed by atoms with Crippen molar-refractivity contribution in [2.24, 2.45) is 0 Å². The third-order valence-corrected chi connectivity index (χ3v) is 4.48. The first-order valence-corrected chi connectivity index (χ1v) is 8.20. The van der Waals surface area contributed by atoms with Crippen molar-refractivity contribution in [1.29, 1.82) is 0 Å². The zero-order valence-electron chi connectivity index (χ0n) is 14.6. The highest BCUT2D eigenvalue weighted by molar-refractivity contribution is 6.35. The molecule has 2 nitrogen and oxygen atoms in total. The molecule has 0 amide bonds. The molecule has 0 fully saturated rings. The van der Waals surface area contributed by atoms with Crippen molar-refractivity contribution in [3.8, 4) is 11.1 Å². The molecular weight excluding hydrogens is 291 g/mol. The molecule has 0 aliphatic rings. The number of para-hydroxylation sites is 1. The summed E-state index contributed by atoms with van der Waals surface area (Å²) in [5, 5.41) is 3.52. The van der Waals surface area contributed by atoms with Gasteiger partial charge in [-0.2, -0.15) is 0 Å². The topological polar surface area (TPSA) is 20.7 Å². The molecule has 0 spiro atoms. The molecule has 3 heteroatoms. The van der Waals surface area contributed by atoms with E-state index in [0.717, 1.165) is 16.7 Å². The van der Waals surface area contributed by atoms with Crippen LogP contribution >= 0.6 is 0 Å².